The van der Waals surface area contributed by atoms with Gasteiger partial charge in [-0.15, -0.1) is 0 Å². The van der Waals surface area contributed by atoms with Crippen LogP contribution in [0.1, 0.15) is 110 Å². The topological polar surface area (TPSA) is 124 Å². The van der Waals surface area contributed by atoms with Crippen LogP contribution < -0.4 is 10.6 Å². The molecule has 2 aromatic rings. The van der Waals surface area contributed by atoms with Crippen LogP contribution in [-0.2, 0) is 9.47 Å². The monoisotopic (exact) mass is 636 g/mol. The molecule has 2 saturated heterocycles. The number of anilines is 2. The van der Waals surface area contributed by atoms with Gasteiger partial charge >= 0.3 is 0 Å². The van der Waals surface area contributed by atoms with E-state index >= 15 is 0 Å². The van der Waals surface area contributed by atoms with Crippen LogP contribution in [0.5, 0.6) is 11.5 Å². The quantitative estimate of drug-likeness (QED) is 0.0983. The number of rotatable bonds is 18. The van der Waals surface area contributed by atoms with Crippen LogP contribution in [0.4, 0.5) is 11.4 Å². The average molecular weight is 637 g/mol. The van der Waals surface area contributed by atoms with E-state index in [1.807, 2.05) is 12.1 Å². The van der Waals surface area contributed by atoms with E-state index in [2.05, 4.69) is 34.3 Å². The highest BCUT2D eigenvalue weighted by molar-refractivity contribution is 6.33. The van der Waals surface area contributed by atoms with Gasteiger partial charge in [0.1, 0.15) is 24.0 Å². The number of ketones is 2. The third-order valence-electron chi connectivity index (χ3n) is 9.51. The number of hydrogen-bond acceptors (Lipinski definition) is 10. The summed E-state index contributed by atoms with van der Waals surface area (Å²) in [5.74, 6) is -1.61. The molecule has 2 atom stereocenters. The fourth-order valence-electron chi connectivity index (χ4n) is 6.97. The molecule has 2 aliphatic heterocycles. The molecular weight excluding hydrogens is 584 g/mol. The van der Waals surface area contributed by atoms with Crippen LogP contribution in [0.2, 0.25) is 0 Å². The first-order chi connectivity index (χ1) is 22.4. The molecular formula is C36H52N4O6. The van der Waals surface area contributed by atoms with E-state index in [1.165, 1.54) is 50.7 Å². The molecule has 0 spiro atoms. The lowest BCUT2D eigenvalue weighted by Crippen LogP contribution is -2.35. The number of carbonyl (C=O) groups excluding carboxylic acids is 2. The van der Waals surface area contributed by atoms with Gasteiger partial charge in [-0.3, -0.25) is 19.4 Å². The minimum Gasteiger partial charge on any atom is -0.507 e. The molecule has 5 rings (SSSR count). The van der Waals surface area contributed by atoms with E-state index in [0.29, 0.717) is 37.7 Å². The molecule has 0 bridgehead atoms. The molecule has 0 saturated carbocycles. The van der Waals surface area contributed by atoms with Gasteiger partial charge in [-0.05, 0) is 49.9 Å². The summed E-state index contributed by atoms with van der Waals surface area (Å²) in [6.07, 6.45) is 11.8. The van der Waals surface area contributed by atoms with Crippen molar-refractivity contribution in [1.82, 2.24) is 9.80 Å². The van der Waals surface area contributed by atoms with Gasteiger partial charge in [0.2, 0.25) is 11.6 Å². The number of nitrogens with zero attached hydrogens (tertiary/aromatic N) is 2. The number of phenols is 2. The second-order valence-electron chi connectivity index (χ2n) is 12.7. The molecule has 0 amide bonds. The molecule has 4 N–H and O–H groups in total. The first-order valence-electron chi connectivity index (χ1n) is 17.4. The van der Waals surface area contributed by atoms with Gasteiger partial charge in [-0.2, -0.15) is 0 Å². The summed E-state index contributed by atoms with van der Waals surface area (Å²) in [7, 11) is 0. The Bertz CT molecular complexity index is 1250. The van der Waals surface area contributed by atoms with Crippen LogP contribution in [-0.4, -0.2) is 96.5 Å². The molecule has 2 fully saturated rings. The first kappa shape index (κ1) is 34.2. The Morgan fingerprint density at radius 3 is 1.50 bits per heavy atom. The summed E-state index contributed by atoms with van der Waals surface area (Å²) < 4.78 is 12.0. The lowest BCUT2D eigenvalue weighted by molar-refractivity contribution is 0.0270. The highest BCUT2D eigenvalue weighted by Crippen LogP contribution is 2.42. The maximum atomic E-state index is 14.0. The van der Waals surface area contributed by atoms with Crippen LogP contribution in [0.3, 0.4) is 0 Å². The van der Waals surface area contributed by atoms with Crippen molar-refractivity contribution in [3.05, 3.63) is 46.5 Å². The molecule has 0 aromatic heterocycles. The Morgan fingerprint density at radius 2 is 1.09 bits per heavy atom. The van der Waals surface area contributed by atoms with Crippen molar-refractivity contribution >= 4 is 22.9 Å². The van der Waals surface area contributed by atoms with Gasteiger partial charge in [0, 0.05) is 50.6 Å². The van der Waals surface area contributed by atoms with E-state index < -0.39 is 11.6 Å². The van der Waals surface area contributed by atoms with Crippen LogP contribution >= 0.6 is 0 Å². The summed E-state index contributed by atoms with van der Waals surface area (Å²) in [5.41, 5.74) is 1.20. The fraction of sp³-hybridized carbons (Fsp3) is 0.611. The van der Waals surface area contributed by atoms with Crippen LogP contribution in [0.15, 0.2) is 24.3 Å². The Kier molecular flexibility index (Phi) is 12.3. The molecule has 10 heteroatoms. The molecule has 46 heavy (non-hydrogen) atoms. The second kappa shape index (κ2) is 16.6. The van der Waals surface area contributed by atoms with E-state index in [4.69, 9.17) is 9.47 Å². The third kappa shape index (κ3) is 7.85. The molecule has 2 aromatic carbocycles. The zero-order chi connectivity index (χ0) is 32.5. The van der Waals surface area contributed by atoms with E-state index in [1.54, 1.807) is 0 Å². The van der Waals surface area contributed by atoms with E-state index in [0.717, 1.165) is 51.9 Å². The van der Waals surface area contributed by atoms with Crippen molar-refractivity contribution in [2.24, 2.45) is 0 Å². The number of ether oxygens (including phenoxy) is 2. The molecule has 2 heterocycles. The number of unbranched alkanes of at least 4 members (excludes halogenated alkanes) is 6. The van der Waals surface area contributed by atoms with Gasteiger partial charge < -0.3 is 30.3 Å². The minimum atomic E-state index is -0.484. The van der Waals surface area contributed by atoms with Crippen molar-refractivity contribution in [1.29, 1.82) is 0 Å². The lowest BCUT2D eigenvalue weighted by atomic mass is 9.81. The number of aromatic hydroxyl groups is 2. The van der Waals surface area contributed by atoms with Crippen molar-refractivity contribution in [3.8, 4) is 11.5 Å². The molecule has 3 aliphatic rings. The Labute approximate surface area is 273 Å². The third-order valence-corrected chi connectivity index (χ3v) is 9.51. The van der Waals surface area contributed by atoms with E-state index in [-0.39, 0.29) is 46.2 Å². The van der Waals surface area contributed by atoms with Crippen molar-refractivity contribution in [3.63, 3.8) is 0 Å². The van der Waals surface area contributed by atoms with Gasteiger partial charge in [0.25, 0.3) is 0 Å². The molecule has 0 radical (unpaired) electrons. The summed E-state index contributed by atoms with van der Waals surface area (Å²) in [6.45, 7) is 10.1. The van der Waals surface area contributed by atoms with E-state index in [9.17, 15) is 19.8 Å². The number of hydrogen-bond donors (Lipinski definition) is 4. The molecule has 10 nitrogen and oxygen atoms in total. The van der Waals surface area contributed by atoms with Gasteiger partial charge in [0.15, 0.2) is 0 Å². The summed E-state index contributed by atoms with van der Waals surface area (Å²) in [6, 6.07) is 6.17. The van der Waals surface area contributed by atoms with Crippen molar-refractivity contribution in [2.45, 2.75) is 90.5 Å². The SMILES string of the molecule is CCCCCCC1OCCN1CCNc1ccc(NCCN2CCOC2CCCCCC)c2c1C(=O)c1c(O)ccc(O)c1C2=O. The lowest BCUT2D eigenvalue weighted by Gasteiger charge is -2.27. The summed E-state index contributed by atoms with van der Waals surface area (Å²) in [4.78, 5) is 32.6. The highest BCUT2D eigenvalue weighted by atomic mass is 16.5. The number of carbonyl (C=O) groups is 2. The normalized spacial score (nSPS) is 19.9. The largest absolute Gasteiger partial charge is 0.507 e. The fourth-order valence-corrected chi connectivity index (χ4v) is 6.97. The average Bonchev–Trinajstić information content (AvgIpc) is 3.70. The van der Waals surface area contributed by atoms with Gasteiger partial charge in [-0.25, -0.2) is 0 Å². The zero-order valence-corrected chi connectivity index (χ0v) is 27.6. The van der Waals surface area contributed by atoms with Gasteiger partial charge in [-0.1, -0.05) is 52.4 Å². The maximum absolute atomic E-state index is 14.0. The van der Waals surface area contributed by atoms with Crippen LogP contribution in [0, 0.1) is 0 Å². The number of phenolic OH excluding ortho intramolecular Hbond substituents is 2. The summed E-state index contributed by atoms with van der Waals surface area (Å²) >= 11 is 0. The van der Waals surface area contributed by atoms with Gasteiger partial charge in [0.05, 0.1) is 35.5 Å². The number of fused-ring (bicyclic) bond motifs is 2. The highest BCUT2D eigenvalue weighted by Gasteiger charge is 2.38. The minimum absolute atomic E-state index is 0.103. The second-order valence-corrected chi connectivity index (χ2v) is 12.7. The number of nitrogens with one attached hydrogen (secondary N) is 2. The molecule has 2 unspecified atom stereocenters. The standard InChI is InChI=1S/C36H52N4O6/c1-3-5-7-9-11-29-39(21-23-45-29)19-17-37-25-13-14-26(38-18-20-40-22-24-46-30(40)12-10-8-6-4-2)32-31(25)35(43)33-27(41)15-16-28(42)34(33)36(32)44/h13-16,29-30,37-38,41-42H,3-12,17-24H2,1-2H3. The Morgan fingerprint density at radius 1 is 0.652 bits per heavy atom. The smallest absolute Gasteiger partial charge is 0.200 e. The predicted molar refractivity (Wildman–Crippen MR) is 180 cm³/mol. The summed E-state index contributed by atoms with van der Waals surface area (Å²) in [5, 5.41) is 28.1. The first-order valence-corrected chi connectivity index (χ1v) is 17.4. The Balaban J connectivity index is 1.30. The van der Waals surface area contributed by atoms with Crippen molar-refractivity contribution in [2.75, 3.05) is 63.1 Å². The zero-order valence-electron chi connectivity index (χ0n) is 27.6. The van der Waals surface area contributed by atoms with Crippen molar-refractivity contribution < 1.29 is 29.3 Å². The maximum Gasteiger partial charge on any atom is 0.200 e. The molecule has 1 aliphatic carbocycles. The van der Waals surface area contributed by atoms with Crippen LogP contribution in [0.25, 0.3) is 0 Å². The Hall–Kier alpha value is -3.18. The number of benzene rings is 2. The molecule has 252 valence electrons. The predicted octanol–water partition coefficient (Wildman–Crippen LogP) is 5.95.